The van der Waals surface area contributed by atoms with Crippen LogP contribution < -0.4 is 4.90 Å². The Bertz CT molecular complexity index is 728. The number of nitrogens with zero attached hydrogens (tertiary/aromatic N) is 1. The second kappa shape index (κ2) is 6.64. The van der Waals surface area contributed by atoms with E-state index >= 15 is 0 Å². The van der Waals surface area contributed by atoms with Crippen LogP contribution in [0.4, 0.5) is 0 Å². The molecule has 2 aliphatic rings. The molecule has 0 bridgehead atoms. The van der Waals surface area contributed by atoms with Crippen LogP contribution in [0.1, 0.15) is 54.0 Å². The molecular weight excluding hydrogens is 324 g/mol. The van der Waals surface area contributed by atoms with Crippen LogP contribution in [-0.4, -0.2) is 49.9 Å². The SMILES string of the molecule is Cc1cc(C(=O)C[NH+]2CCC(C)CC2)c(C)n1[C@H]1CCS(=O)(=O)C1. The first-order valence-electron chi connectivity index (χ1n) is 9.02. The first kappa shape index (κ1) is 17.7. The van der Waals surface area contributed by atoms with Crippen molar-refractivity contribution in [3.8, 4) is 0 Å². The summed E-state index contributed by atoms with van der Waals surface area (Å²) in [6, 6.07) is 1.94. The molecule has 24 heavy (non-hydrogen) atoms. The van der Waals surface area contributed by atoms with Crippen LogP contribution in [0, 0.1) is 19.8 Å². The Hall–Kier alpha value is -1.14. The quantitative estimate of drug-likeness (QED) is 0.821. The Labute approximate surface area is 144 Å². The van der Waals surface area contributed by atoms with E-state index in [0.29, 0.717) is 13.0 Å². The van der Waals surface area contributed by atoms with Crippen LogP contribution in [-0.2, 0) is 9.84 Å². The van der Waals surface area contributed by atoms with Gasteiger partial charge < -0.3 is 9.47 Å². The fraction of sp³-hybridized carbons (Fsp3) is 0.722. The third kappa shape index (κ3) is 3.59. The van der Waals surface area contributed by atoms with Crippen molar-refractivity contribution in [2.24, 2.45) is 5.92 Å². The molecule has 134 valence electrons. The summed E-state index contributed by atoms with van der Waals surface area (Å²) in [5.74, 6) is 1.43. The fourth-order valence-electron chi connectivity index (χ4n) is 4.27. The molecule has 0 saturated carbocycles. The number of hydrogen-bond acceptors (Lipinski definition) is 3. The van der Waals surface area contributed by atoms with Crippen molar-refractivity contribution in [2.75, 3.05) is 31.1 Å². The molecular formula is C18H29N2O3S+. The third-order valence-corrected chi connectivity index (χ3v) is 7.50. The Morgan fingerprint density at radius 2 is 1.92 bits per heavy atom. The van der Waals surface area contributed by atoms with E-state index in [9.17, 15) is 13.2 Å². The zero-order chi connectivity index (χ0) is 17.5. The van der Waals surface area contributed by atoms with E-state index in [1.54, 1.807) is 0 Å². The van der Waals surface area contributed by atoms with Gasteiger partial charge in [-0.3, -0.25) is 4.79 Å². The number of quaternary nitrogens is 1. The van der Waals surface area contributed by atoms with Crippen molar-refractivity contribution in [1.29, 1.82) is 0 Å². The van der Waals surface area contributed by atoms with Gasteiger partial charge >= 0.3 is 0 Å². The van der Waals surface area contributed by atoms with Gasteiger partial charge in [0.05, 0.1) is 24.6 Å². The van der Waals surface area contributed by atoms with Gasteiger partial charge in [0.25, 0.3) is 0 Å². The van der Waals surface area contributed by atoms with E-state index in [1.165, 1.54) is 17.7 Å². The van der Waals surface area contributed by atoms with Crippen molar-refractivity contribution in [1.82, 2.24) is 4.57 Å². The number of aromatic nitrogens is 1. The molecule has 0 amide bonds. The molecule has 0 spiro atoms. The van der Waals surface area contributed by atoms with Gasteiger partial charge in [-0.25, -0.2) is 8.42 Å². The number of aryl methyl sites for hydroxylation is 1. The second-order valence-electron chi connectivity index (χ2n) is 7.74. The molecule has 6 heteroatoms. The van der Waals surface area contributed by atoms with Crippen LogP contribution in [0.15, 0.2) is 6.07 Å². The molecule has 1 aromatic heterocycles. The van der Waals surface area contributed by atoms with E-state index in [4.69, 9.17) is 0 Å². The molecule has 2 fully saturated rings. The second-order valence-corrected chi connectivity index (χ2v) is 9.97. The van der Waals surface area contributed by atoms with Gasteiger partial charge in [-0.2, -0.15) is 0 Å². The molecule has 0 aliphatic carbocycles. The highest BCUT2D eigenvalue weighted by molar-refractivity contribution is 7.91. The van der Waals surface area contributed by atoms with Crippen molar-refractivity contribution in [3.63, 3.8) is 0 Å². The van der Waals surface area contributed by atoms with Gasteiger partial charge in [-0.15, -0.1) is 0 Å². The Balaban J connectivity index is 1.75. The minimum Gasteiger partial charge on any atom is -0.344 e. The summed E-state index contributed by atoms with van der Waals surface area (Å²) in [6.07, 6.45) is 3.05. The molecule has 3 rings (SSSR count). The maximum Gasteiger partial charge on any atom is 0.218 e. The molecule has 0 radical (unpaired) electrons. The summed E-state index contributed by atoms with van der Waals surface area (Å²) in [5, 5.41) is 0. The maximum absolute atomic E-state index is 12.8. The molecule has 1 atom stereocenters. The van der Waals surface area contributed by atoms with Crippen LogP contribution in [0.25, 0.3) is 0 Å². The normalized spacial score (nSPS) is 29.7. The first-order valence-corrected chi connectivity index (χ1v) is 10.8. The molecule has 5 nitrogen and oxygen atoms in total. The first-order chi connectivity index (χ1) is 11.3. The summed E-state index contributed by atoms with van der Waals surface area (Å²) >= 11 is 0. The number of likely N-dealkylation sites (tertiary alicyclic amines) is 1. The molecule has 0 unspecified atom stereocenters. The Kier molecular flexibility index (Phi) is 4.89. The van der Waals surface area contributed by atoms with Gasteiger partial charge in [0.2, 0.25) is 5.78 Å². The highest BCUT2D eigenvalue weighted by Crippen LogP contribution is 2.29. The van der Waals surface area contributed by atoms with Gasteiger partial charge in [0.1, 0.15) is 6.54 Å². The molecule has 3 heterocycles. The molecule has 2 aliphatic heterocycles. The van der Waals surface area contributed by atoms with E-state index in [-0.39, 0.29) is 23.3 Å². The number of hydrogen-bond donors (Lipinski definition) is 1. The van der Waals surface area contributed by atoms with Crippen LogP contribution >= 0.6 is 0 Å². The summed E-state index contributed by atoms with van der Waals surface area (Å²) < 4.78 is 25.6. The predicted molar refractivity (Wildman–Crippen MR) is 94.5 cm³/mol. The van der Waals surface area contributed by atoms with Gasteiger partial charge in [0.15, 0.2) is 9.84 Å². The lowest BCUT2D eigenvalue weighted by Gasteiger charge is -2.26. The lowest BCUT2D eigenvalue weighted by Crippen LogP contribution is -3.13. The minimum atomic E-state index is -2.93. The number of piperidine rings is 1. The lowest BCUT2D eigenvalue weighted by molar-refractivity contribution is -0.897. The Morgan fingerprint density at radius 3 is 2.50 bits per heavy atom. The van der Waals surface area contributed by atoms with E-state index < -0.39 is 9.84 Å². The van der Waals surface area contributed by atoms with Gasteiger partial charge in [-0.05, 0) is 45.1 Å². The summed E-state index contributed by atoms with van der Waals surface area (Å²) in [6.45, 7) is 8.92. The number of Topliss-reactive ketones (excluding diaryl/α,β-unsaturated/α-hetero) is 1. The van der Waals surface area contributed by atoms with E-state index in [2.05, 4.69) is 11.5 Å². The standard InChI is InChI=1S/C18H28N2O3S/c1-13-4-7-19(8-5-13)11-18(21)17-10-14(2)20(15(17)3)16-6-9-24(22,23)12-16/h10,13,16H,4-9,11-12H2,1-3H3/p+1/t16-/m0/s1. The number of carbonyl (C=O) groups excluding carboxylic acids is 1. The predicted octanol–water partition coefficient (Wildman–Crippen LogP) is 0.962. The fourth-order valence-corrected chi connectivity index (χ4v) is 5.97. The van der Waals surface area contributed by atoms with Crippen LogP contribution in [0.5, 0.6) is 0 Å². The largest absolute Gasteiger partial charge is 0.344 e. The summed E-state index contributed by atoms with van der Waals surface area (Å²) in [5.41, 5.74) is 2.72. The monoisotopic (exact) mass is 353 g/mol. The van der Waals surface area contributed by atoms with E-state index in [0.717, 1.165) is 36.0 Å². The number of ketones is 1. The zero-order valence-electron chi connectivity index (χ0n) is 15.0. The zero-order valence-corrected chi connectivity index (χ0v) is 15.8. The number of nitrogens with one attached hydrogen (secondary N) is 1. The van der Waals surface area contributed by atoms with Crippen LogP contribution in [0.2, 0.25) is 0 Å². The number of sulfone groups is 1. The topological polar surface area (TPSA) is 60.6 Å². The van der Waals surface area contributed by atoms with Crippen LogP contribution in [0.3, 0.4) is 0 Å². The molecule has 2 saturated heterocycles. The van der Waals surface area contributed by atoms with E-state index in [1.807, 2.05) is 19.9 Å². The highest BCUT2D eigenvalue weighted by Gasteiger charge is 2.32. The average Bonchev–Trinajstić information content (AvgIpc) is 3.00. The average molecular weight is 354 g/mol. The number of rotatable bonds is 4. The smallest absolute Gasteiger partial charge is 0.218 e. The summed E-state index contributed by atoms with van der Waals surface area (Å²) in [7, 11) is -2.93. The van der Waals surface area contributed by atoms with Crippen molar-refractivity contribution < 1.29 is 18.1 Å². The summed E-state index contributed by atoms with van der Waals surface area (Å²) in [4.78, 5) is 14.2. The highest BCUT2D eigenvalue weighted by atomic mass is 32.2. The molecule has 1 N–H and O–H groups in total. The van der Waals surface area contributed by atoms with Gasteiger partial charge in [0, 0.05) is 23.0 Å². The van der Waals surface area contributed by atoms with Crippen molar-refractivity contribution in [2.45, 2.75) is 46.1 Å². The van der Waals surface area contributed by atoms with Crippen molar-refractivity contribution in [3.05, 3.63) is 23.0 Å². The third-order valence-electron chi connectivity index (χ3n) is 5.75. The van der Waals surface area contributed by atoms with Crippen molar-refractivity contribution >= 4 is 15.6 Å². The minimum absolute atomic E-state index is 0.0141. The Morgan fingerprint density at radius 1 is 1.25 bits per heavy atom. The lowest BCUT2D eigenvalue weighted by atomic mass is 9.99. The number of carbonyl (C=O) groups is 1. The maximum atomic E-state index is 12.8. The molecule has 0 aromatic carbocycles. The molecule has 1 aromatic rings. The van der Waals surface area contributed by atoms with Gasteiger partial charge in [-0.1, -0.05) is 6.92 Å².